The molecular formula is C7H10N2O2. The van der Waals surface area contributed by atoms with Gasteiger partial charge in [-0.15, -0.1) is 0 Å². The van der Waals surface area contributed by atoms with Gasteiger partial charge in [-0.2, -0.15) is 0 Å². The summed E-state index contributed by atoms with van der Waals surface area (Å²) in [5.74, 6) is 0.914. The van der Waals surface area contributed by atoms with Crippen LogP contribution in [0.1, 0.15) is 5.82 Å². The second kappa shape index (κ2) is 3.02. The van der Waals surface area contributed by atoms with Crippen molar-refractivity contribution in [3.8, 4) is 0 Å². The summed E-state index contributed by atoms with van der Waals surface area (Å²) >= 11 is 0. The second-order valence-electron chi connectivity index (χ2n) is 2.41. The molecular weight excluding hydrogens is 144 g/mol. The highest BCUT2D eigenvalue weighted by Gasteiger charge is 2.16. The first-order valence-corrected chi connectivity index (χ1v) is 3.66. The molecule has 2 heterocycles. The van der Waals surface area contributed by atoms with Gasteiger partial charge in [0.25, 0.3) is 0 Å². The number of nitrogens with zero attached hydrogens (tertiary/aromatic N) is 1. The third-order valence-electron chi connectivity index (χ3n) is 1.61. The van der Waals surface area contributed by atoms with Gasteiger partial charge in [-0.3, -0.25) is 0 Å². The van der Waals surface area contributed by atoms with Crippen molar-refractivity contribution in [1.29, 1.82) is 0 Å². The Morgan fingerprint density at radius 3 is 3.00 bits per heavy atom. The molecule has 1 aromatic rings. The molecule has 0 radical (unpaired) electrons. The SMILES string of the molecule is c1c[nH]c(CC2OCCO2)n1. The lowest BCUT2D eigenvalue weighted by molar-refractivity contribution is -0.0411. The normalized spacial score (nSPS) is 19.3. The molecule has 1 aromatic heterocycles. The van der Waals surface area contributed by atoms with Gasteiger partial charge in [0.2, 0.25) is 0 Å². The van der Waals surface area contributed by atoms with Crippen LogP contribution in [0.15, 0.2) is 12.4 Å². The third kappa shape index (κ3) is 1.58. The maximum atomic E-state index is 5.24. The maximum absolute atomic E-state index is 5.24. The molecule has 0 bridgehead atoms. The molecule has 0 aliphatic carbocycles. The fourth-order valence-corrected chi connectivity index (χ4v) is 1.09. The van der Waals surface area contributed by atoms with Gasteiger partial charge >= 0.3 is 0 Å². The lowest BCUT2D eigenvalue weighted by Gasteiger charge is -2.05. The van der Waals surface area contributed by atoms with Crippen molar-refractivity contribution >= 4 is 0 Å². The van der Waals surface area contributed by atoms with Gasteiger partial charge in [-0.1, -0.05) is 0 Å². The van der Waals surface area contributed by atoms with Gasteiger partial charge in [0.1, 0.15) is 5.82 Å². The van der Waals surface area contributed by atoms with E-state index < -0.39 is 0 Å². The molecule has 1 saturated heterocycles. The van der Waals surface area contributed by atoms with Gasteiger partial charge in [-0.25, -0.2) is 4.98 Å². The second-order valence-corrected chi connectivity index (χ2v) is 2.41. The van der Waals surface area contributed by atoms with E-state index >= 15 is 0 Å². The minimum absolute atomic E-state index is 0.0962. The first kappa shape index (κ1) is 6.82. The smallest absolute Gasteiger partial charge is 0.164 e. The van der Waals surface area contributed by atoms with E-state index in [9.17, 15) is 0 Å². The van der Waals surface area contributed by atoms with Gasteiger partial charge in [0, 0.05) is 12.4 Å². The molecule has 0 aromatic carbocycles. The molecule has 60 valence electrons. The van der Waals surface area contributed by atoms with Crippen LogP contribution in [0.2, 0.25) is 0 Å². The summed E-state index contributed by atoms with van der Waals surface area (Å²) in [6.45, 7) is 1.40. The molecule has 4 nitrogen and oxygen atoms in total. The monoisotopic (exact) mass is 154 g/mol. The van der Waals surface area contributed by atoms with Crippen LogP contribution in [0.3, 0.4) is 0 Å². The summed E-state index contributed by atoms with van der Waals surface area (Å²) < 4.78 is 10.5. The van der Waals surface area contributed by atoms with Gasteiger partial charge in [-0.05, 0) is 0 Å². The van der Waals surface area contributed by atoms with E-state index in [1.165, 1.54) is 0 Å². The Morgan fingerprint density at radius 2 is 2.36 bits per heavy atom. The lowest BCUT2D eigenvalue weighted by atomic mass is 10.4. The molecule has 0 saturated carbocycles. The number of ether oxygens (including phenoxy) is 2. The fraction of sp³-hybridized carbons (Fsp3) is 0.571. The van der Waals surface area contributed by atoms with Crippen molar-refractivity contribution in [2.45, 2.75) is 12.7 Å². The van der Waals surface area contributed by atoms with Crippen molar-refractivity contribution in [2.24, 2.45) is 0 Å². The standard InChI is InChI=1S/C7H10N2O2/c1-2-9-6(8-1)5-7-10-3-4-11-7/h1-2,7H,3-5H2,(H,8,9). The average Bonchev–Trinajstić information content (AvgIpc) is 2.60. The molecule has 4 heteroatoms. The molecule has 0 spiro atoms. The number of nitrogens with one attached hydrogen (secondary N) is 1. The Hall–Kier alpha value is -0.870. The van der Waals surface area contributed by atoms with Crippen LogP contribution in [0.5, 0.6) is 0 Å². The zero-order valence-corrected chi connectivity index (χ0v) is 6.12. The van der Waals surface area contributed by atoms with Crippen molar-refractivity contribution < 1.29 is 9.47 Å². The topological polar surface area (TPSA) is 47.1 Å². The Labute approximate surface area is 64.5 Å². The molecule has 0 amide bonds. The first-order valence-electron chi connectivity index (χ1n) is 3.66. The molecule has 2 rings (SSSR count). The number of hydrogen-bond donors (Lipinski definition) is 1. The number of hydrogen-bond acceptors (Lipinski definition) is 3. The lowest BCUT2D eigenvalue weighted by Crippen LogP contribution is -2.12. The maximum Gasteiger partial charge on any atom is 0.164 e. The molecule has 0 atom stereocenters. The summed E-state index contributed by atoms with van der Waals surface area (Å²) in [4.78, 5) is 7.06. The Morgan fingerprint density at radius 1 is 1.55 bits per heavy atom. The number of H-pyrrole nitrogens is 1. The molecule has 0 unspecified atom stereocenters. The predicted octanol–water partition coefficient (Wildman–Crippen LogP) is 0.325. The highest BCUT2D eigenvalue weighted by molar-refractivity contribution is 4.88. The fourth-order valence-electron chi connectivity index (χ4n) is 1.09. The van der Waals surface area contributed by atoms with Crippen LogP contribution >= 0.6 is 0 Å². The number of imidazole rings is 1. The third-order valence-corrected chi connectivity index (χ3v) is 1.61. The van der Waals surface area contributed by atoms with Crippen molar-refractivity contribution in [1.82, 2.24) is 9.97 Å². The number of aromatic amines is 1. The Bertz CT molecular complexity index is 204. The Kier molecular flexibility index (Phi) is 1.87. The number of aromatic nitrogens is 2. The zero-order valence-electron chi connectivity index (χ0n) is 6.12. The molecule has 1 N–H and O–H groups in total. The van der Waals surface area contributed by atoms with Gasteiger partial charge in [0.15, 0.2) is 6.29 Å². The first-order chi connectivity index (χ1) is 5.45. The van der Waals surface area contributed by atoms with Crippen molar-refractivity contribution in [3.05, 3.63) is 18.2 Å². The van der Waals surface area contributed by atoms with Crippen LogP contribution in [0.25, 0.3) is 0 Å². The summed E-state index contributed by atoms with van der Waals surface area (Å²) in [7, 11) is 0. The van der Waals surface area contributed by atoms with Gasteiger partial charge in [0.05, 0.1) is 19.6 Å². The average molecular weight is 154 g/mol. The van der Waals surface area contributed by atoms with Crippen LogP contribution < -0.4 is 0 Å². The molecule has 1 aliphatic rings. The van der Waals surface area contributed by atoms with Crippen molar-refractivity contribution in [3.63, 3.8) is 0 Å². The highest BCUT2D eigenvalue weighted by atomic mass is 16.7. The molecule has 11 heavy (non-hydrogen) atoms. The Balaban J connectivity index is 1.90. The minimum Gasteiger partial charge on any atom is -0.350 e. The quantitative estimate of drug-likeness (QED) is 0.667. The zero-order chi connectivity index (χ0) is 7.52. The van der Waals surface area contributed by atoms with Crippen LogP contribution in [0.4, 0.5) is 0 Å². The summed E-state index contributed by atoms with van der Waals surface area (Å²) in [5, 5.41) is 0. The minimum atomic E-state index is -0.0962. The molecule has 1 fully saturated rings. The summed E-state index contributed by atoms with van der Waals surface area (Å²) in [6, 6.07) is 0. The van der Waals surface area contributed by atoms with E-state index in [0.29, 0.717) is 19.6 Å². The molecule has 1 aliphatic heterocycles. The van der Waals surface area contributed by atoms with Crippen LogP contribution in [0, 0.1) is 0 Å². The van der Waals surface area contributed by atoms with E-state index in [4.69, 9.17) is 9.47 Å². The van der Waals surface area contributed by atoms with E-state index in [-0.39, 0.29) is 6.29 Å². The van der Waals surface area contributed by atoms with E-state index in [2.05, 4.69) is 9.97 Å². The summed E-state index contributed by atoms with van der Waals surface area (Å²) in [6.07, 6.45) is 4.14. The van der Waals surface area contributed by atoms with Crippen LogP contribution in [-0.2, 0) is 15.9 Å². The number of rotatable bonds is 2. The van der Waals surface area contributed by atoms with Crippen LogP contribution in [-0.4, -0.2) is 29.5 Å². The van der Waals surface area contributed by atoms with Crippen molar-refractivity contribution in [2.75, 3.05) is 13.2 Å². The van der Waals surface area contributed by atoms with E-state index in [1.807, 2.05) is 0 Å². The van der Waals surface area contributed by atoms with Gasteiger partial charge < -0.3 is 14.5 Å². The van der Waals surface area contributed by atoms with E-state index in [1.54, 1.807) is 12.4 Å². The highest BCUT2D eigenvalue weighted by Crippen LogP contribution is 2.07. The summed E-state index contributed by atoms with van der Waals surface area (Å²) in [5.41, 5.74) is 0. The predicted molar refractivity (Wildman–Crippen MR) is 38.0 cm³/mol. The largest absolute Gasteiger partial charge is 0.350 e. The van der Waals surface area contributed by atoms with E-state index in [0.717, 1.165) is 5.82 Å².